The Balaban J connectivity index is 1.42. The second-order valence-electron chi connectivity index (χ2n) is 9.04. The summed E-state index contributed by atoms with van der Waals surface area (Å²) in [6, 6.07) is 11.8. The van der Waals surface area contributed by atoms with Gasteiger partial charge in [-0.1, -0.05) is 23.7 Å². The number of anilines is 1. The van der Waals surface area contributed by atoms with E-state index in [1.807, 2.05) is 0 Å². The number of rotatable bonds is 4. The summed E-state index contributed by atoms with van der Waals surface area (Å²) >= 11 is 6.26. The van der Waals surface area contributed by atoms with Gasteiger partial charge in [-0.05, 0) is 49.1 Å². The highest BCUT2D eigenvalue weighted by atomic mass is 35.5. The Hall–Kier alpha value is -3.31. The molecule has 1 atom stereocenters. The largest absolute Gasteiger partial charge is 0.477 e. The lowest BCUT2D eigenvalue weighted by atomic mass is 9.75. The minimum Gasteiger partial charge on any atom is -0.477 e. The predicted molar refractivity (Wildman–Crippen MR) is 126 cm³/mol. The Morgan fingerprint density at radius 2 is 1.94 bits per heavy atom. The number of nitrogens with zero attached hydrogens (tertiary/aromatic N) is 3. The minimum atomic E-state index is -0.748. The van der Waals surface area contributed by atoms with E-state index in [-0.39, 0.29) is 24.2 Å². The van der Waals surface area contributed by atoms with Crippen molar-refractivity contribution in [2.24, 2.45) is 5.41 Å². The second-order valence-corrected chi connectivity index (χ2v) is 9.44. The number of likely N-dealkylation sites (tertiary alicyclic amines) is 1. The van der Waals surface area contributed by atoms with Gasteiger partial charge in [0.25, 0.3) is 11.8 Å². The maximum Gasteiger partial charge on any atom is 0.265 e. The second kappa shape index (κ2) is 9.51. The summed E-state index contributed by atoms with van der Waals surface area (Å²) in [7, 11) is 3.27. The molecule has 2 aliphatic heterocycles. The molecule has 2 amide bonds. The molecule has 0 spiro atoms. The van der Waals surface area contributed by atoms with Crippen molar-refractivity contribution in [3.05, 3.63) is 58.4 Å². The SMILES string of the molecule is CN(C)C(=O)c1cc2c(cc1Cl)NCC(C(=O)N1CCC(C#N)(Cc3ccc(F)cc3)CC1)O2. The van der Waals surface area contributed by atoms with E-state index in [2.05, 4.69) is 11.4 Å². The molecule has 4 rings (SSSR count). The van der Waals surface area contributed by atoms with Crippen molar-refractivity contribution in [2.45, 2.75) is 25.4 Å². The summed E-state index contributed by atoms with van der Waals surface area (Å²) in [6.45, 7) is 1.15. The number of carbonyl (C=O) groups excluding carboxylic acids is 2. The van der Waals surface area contributed by atoms with Gasteiger partial charge in [0.2, 0.25) is 0 Å². The number of fused-ring (bicyclic) bond motifs is 1. The summed E-state index contributed by atoms with van der Waals surface area (Å²) in [5.74, 6) is -0.325. The Bertz CT molecular complexity index is 1140. The van der Waals surface area contributed by atoms with Crippen LogP contribution in [0.4, 0.5) is 10.1 Å². The molecule has 9 heteroatoms. The Morgan fingerprint density at radius 1 is 1.26 bits per heavy atom. The first-order valence-electron chi connectivity index (χ1n) is 11.1. The molecule has 7 nitrogen and oxygen atoms in total. The zero-order valence-electron chi connectivity index (χ0n) is 19.1. The normalized spacial score (nSPS) is 18.7. The fourth-order valence-electron chi connectivity index (χ4n) is 4.41. The van der Waals surface area contributed by atoms with E-state index in [1.165, 1.54) is 17.0 Å². The molecular weight excluding hydrogens is 459 g/mol. The van der Waals surface area contributed by atoms with Crippen LogP contribution in [0.1, 0.15) is 28.8 Å². The van der Waals surface area contributed by atoms with E-state index in [9.17, 15) is 19.2 Å². The number of nitriles is 1. The number of carbonyl (C=O) groups is 2. The molecule has 1 saturated heterocycles. The summed E-state index contributed by atoms with van der Waals surface area (Å²) in [4.78, 5) is 28.7. The van der Waals surface area contributed by atoms with Crippen molar-refractivity contribution in [2.75, 3.05) is 39.0 Å². The first-order valence-corrected chi connectivity index (χ1v) is 11.5. The standard InChI is InChI=1S/C25H26ClFN4O3/c1-30(2)23(32)18-11-21-20(12-19(18)26)29-14-22(34-21)24(33)31-9-7-25(15-28,8-10-31)13-16-3-5-17(27)6-4-16/h3-6,11-12,22,29H,7-10,13-14H2,1-2H3. The number of nitrogens with one attached hydrogen (secondary N) is 1. The van der Waals surface area contributed by atoms with Crippen LogP contribution in [0, 0.1) is 22.6 Å². The monoisotopic (exact) mass is 484 g/mol. The number of hydrogen-bond donors (Lipinski definition) is 1. The summed E-state index contributed by atoms with van der Waals surface area (Å²) in [5, 5.41) is 13.3. The van der Waals surface area contributed by atoms with Crippen LogP contribution in [0.15, 0.2) is 36.4 Å². The first kappa shape index (κ1) is 23.8. The van der Waals surface area contributed by atoms with Gasteiger partial charge in [0, 0.05) is 27.2 Å². The van der Waals surface area contributed by atoms with E-state index >= 15 is 0 Å². The highest BCUT2D eigenvalue weighted by Gasteiger charge is 2.39. The van der Waals surface area contributed by atoms with Crippen LogP contribution >= 0.6 is 11.6 Å². The van der Waals surface area contributed by atoms with Crippen molar-refractivity contribution < 1.29 is 18.7 Å². The Morgan fingerprint density at radius 3 is 2.56 bits per heavy atom. The van der Waals surface area contributed by atoms with Gasteiger partial charge >= 0.3 is 0 Å². The molecule has 0 radical (unpaired) electrons. The van der Waals surface area contributed by atoms with Crippen molar-refractivity contribution in [3.8, 4) is 11.8 Å². The lowest BCUT2D eigenvalue weighted by molar-refractivity contribution is -0.140. The van der Waals surface area contributed by atoms with Crippen LogP contribution in [0.25, 0.3) is 0 Å². The fraction of sp³-hybridized carbons (Fsp3) is 0.400. The van der Waals surface area contributed by atoms with E-state index in [4.69, 9.17) is 16.3 Å². The number of halogens is 2. The molecule has 1 fully saturated rings. The fourth-order valence-corrected chi connectivity index (χ4v) is 4.65. The topological polar surface area (TPSA) is 85.7 Å². The van der Waals surface area contributed by atoms with E-state index in [0.29, 0.717) is 54.4 Å². The molecule has 0 aliphatic carbocycles. The zero-order chi connectivity index (χ0) is 24.5. The van der Waals surface area contributed by atoms with Gasteiger partial charge in [-0.3, -0.25) is 9.59 Å². The molecule has 0 aromatic heterocycles. The van der Waals surface area contributed by atoms with Crippen LogP contribution < -0.4 is 10.1 Å². The number of hydrogen-bond acceptors (Lipinski definition) is 5. The third kappa shape index (κ3) is 4.80. The average molecular weight is 485 g/mol. The predicted octanol–water partition coefficient (Wildman–Crippen LogP) is 3.73. The molecule has 2 aromatic carbocycles. The van der Waals surface area contributed by atoms with Gasteiger partial charge in [0.05, 0.1) is 34.3 Å². The van der Waals surface area contributed by atoms with Gasteiger partial charge in [0.15, 0.2) is 6.10 Å². The highest BCUT2D eigenvalue weighted by molar-refractivity contribution is 6.34. The molecule has 0 saturated carbocycles. The smallest absolute Gasteiger partial charge is 0.265 e. The van der Waals surface area contributed by atoms with Crippen LogP contribution in [-0.4, -0.2) is 61.4 Å². The molecule has 1 N–H and O–H groups in total. The third-order valence-corrected chi connectivity index (χ3v) is 6.77. The molecule has 0 bridgehead atoms. The molecule has 34 heavy (non-hydrogen) atoms. The van der Waals surface area contributed by atoms with Crippen molar-refractivity contribution in [3.63, 3.8) is 0 Å². The van der Waals surface area contributed by atoms with Crippen LogP contribution in [0.2, 0.25) is 5.02 Å². The Labute approximate surface area is 203 Å². The molecule has 2 aromatic rings. The zero-order valence-corrected chi connectivity index (χ0v) is 19.9. The van der Waals surface area contributed by atoms with Crippen LogP contribution in [-0.2, 0) is 11.2 Å². The maximum atomic E-state index is 13.2. The average Bonchev–Trinajstić information content (AvgIpc) is 2.84. The van der Waals surface area contributed by atoms with Gasteiger partial charge in [-0.15, -0.1) is 0 Å². The number of ether oxygens (including phenoxy) is 1. The van der Waals surface area contributed by atoms with Crippen molar-refractivity contribution in [1.29, 1.82) is 5.26 Å². The van der Waals surface area contributed by atoms with E-state index < -0.39 is 11.5 Å². The van der Waals surface area contributed by atoms with E-state index in [0.717, 1.165) is 5.56 Å². The van der Waals surface area contributed by atoms with Crippen molar-refractivity contribution in [1.82, 2.24) is 9.80 Å². The van der Waals surface area contributed by atoms with Gasteiger partial charge < -0.3 is 19.9 Å². The summed E-state index contributed by atoms with van der Waals surface area (Å²) < 4.78 is 19.2. The van der Waals surface area contributed by atoms with E-state index in [1.54, 1.807) is 43.3 Å². The lowest BCUT2D eigenvalue weighted by Gasteiger charge is -2.39. The number of amides is 2. The van der Waals surface area contributed by atoms with Crippen LogP contribution in [0.5, 0.6) is 5.75 Å². The minimum absolute atomic E-state index is 0.165. The van der Waals surface area contributed by atoms with Crippen molar-refractivity contribution >= 4 is 29.1 Å². The lowest BCUT2D eigenvalue weighted by Crippen LogP contribution is -2.51. The quantitative estimate of drug-likeness (QED) is 0.714. The highest BCUT2D eigenvalue weighted by Crippen LogP contribution is 2.37. The molecule has 2 heterocycles. The van der Waals surface area contributed by atoms with Gasteiger partial charge in [-0.2, -0.15) is 5.26 Å². The Kier molecular flexibility index (Phi) is 6.67. The molecule has 2 aliphatic rings. The first-order chi connectivity index (χ1) is 16.2. The molecule has 178 valence electrons. The third-order valence-electron chi connectivity index (χ3n) is 6.45. The number of piperidine rings is 1. The summed E-state index contributed by atoms with van der Waals surface area (Å²) in [6.07, 6.45) is 0.827. The maximum absolute atomic E-state index is 13.2. The van der Waals surface area contributed by atoms with Gasteiger partial charge in [-0.25, -0.2) is 4.39 Å². The van der Waals surface area contributed by atoms with Crippen LogP contribution in [0.3, 0.4) is 0 Å². The number of benzene rings is 2. The molecular formula is C25H26ClFN4O3. The molecule has 1 unspecified atom stereocenters. The summed E-state index contributed by atoms with van der Waals surface area (Å²) in [5.41, 5.74) is 1.25. The van der Waals surface area contributed by atoms with Gasteiger partial charge in [0.1, 0.15) is 11.6 Å².